The fourth-order valence-electron chi connectivity index (χ4n) is 1.41. The van der Waals surface area contributed by atoms with Gasteiger partial charge < -0.3 is 10.5 Å². The van der Waals surface area contributed by atoms with Gasteiger partial charge >= 0.3 is 0 Å². The van der Waals surface area contributed by atoms with Crippen LogP contribution in [-0.2, 0) is 0 Å². The molecule has 0 unspecified atom stereocenters. The maximum absolute atomic E-state index is 12.8. The van der Waals surface area contributed by atoms with E-state index in [9.17, 15) is 4.39 Å². The van der Waals surface area contributed by atoms with Crippen LogP contribution in [0.1, 0.15) is 11.3 Å². The van der Waals surface area contributed by atoms with Crippen LogP contribution in [0.25, 0.3) is 0 Å². The topological polar surface area (TPSA) is 48.1 Å². The van der Waals surface area contributed by atoms with Gasteiger partial charge in [0.1, 0.15) is 16.6 Å². The SMILES string of the molecule is Cc1ccc(C(N)=S)c(Oc2ccc(F)cc2)n1. The lowest BCUT2D eigenvalue weighted by atomic mass is 10.2. The quantitative estimate of drug-likeness (QED) is 0.864. The van der Waals surface area contributed by atoms with E-state index in [1.807, 2.05) is 6.92 Å². The minimum atomic E-state index is -0.325. The van der Waals surface area contributed by atoms with Gasteiger partial charge in [0.15, 0.2) is 0 Å². The minimum Gasteiger partial charge on any atom is -0.438 e. The molecular weight excluding hydrogens is 251 g/mol. The van der Waals surface area contributed by atoms with E-state index in [2.05, 4.69) is 4.98 Å². The number of nitrogens with two attached hydrogens (primary N) is 1. The molecule has 0 atom stereocenters. The van der Waals surface area contributed by atoms with E-state index in [0.29, 0.717) is 17.2 Å². The summed E-state index contributed by atoms with van der Waals surface area (Å²) in [7, 11) is 0. The van der Waals surface area contributed by atoms with Gasteiger partial charge in [-0.25, -0.2) is 9.37 Å². The van der Waals surface area contributed by atoms with Crippen LogP contribution in [0.5, 0.6) is 11.6 Å². The second-order valence-electron chi connectivity index (χ2n) is 3.73. The highest BCUT2D eigenvalue weighted by Gasteiger charge is 2.09. The molecule has 0 saturated carbocycles. The van der Waals surface area contributed by atoms with Crippen molar-refractivity contribution >= 4 is 17.2 Å². The molecule has 0 spiro atoms. The van der Waals surface area contributed by atoms with Crippen LogP contribution < -0.4 is 10.5 Å². The molecule has 0 aliphatic carbocycles. The van der Waals surface area contributed by atoms with Gasteiger partial charge in [-0.1, -0.05) is 12.2 Å². The van der Waals surface area contributed by atoms with Gasteiger partial charge in [0.05, 0.1) is 5.56 Å². The summed E-state index contributed by atoms with van der Waals surface area (Å²) < 4.78 is 18.3. The van der Waals surface area contributed by atoms with E-state index in [4.69, 9.17) is 22.7 Å². The number of aromatic nitrogens is 1. The van der Waals surface area contributed by atoms with Gasteiger partial charge in [-0.2, -0.15) is 0 Å². The molecule has 0 saturated heterocycles. The predicted octanol–water partition coefficient (Wildman–Crippen LogP) is 2.96. The van der Waals surface area contributed by atoms with Gasteiger partial charge in [0.25, 0.3) is 0 Å². The van der Waals surface area contributed by atoms with Gasteiger partial charge in [-0.3, -0.25) is 0 Å². The third kappa shape index (κ3) is 2.81. The van der Waals surface area contributed by atoms with Crippen LogP contribution in [0.15, 0.2) is 36.4 Å². The molecule has 0 amide bonds. The summed E-state index contributed by atoms with van der Waals surface area (Å²) in [5.41, 5.74) is 6.93. The molecule has 0 aliphatic heterocycles. The van der Waals surface area contributed by atoms with Crippen LogP contribution >= 0.6 is 12.2 Å². The fourth-order valence-corrected chi connectivity index (χ4v) is 1.57. The Kier molecular flexibility index (Phi) is 3.53. The Bertz CT molecular complexity index is 584. The Labute approximate surface area is 109 Å². The molecule has 1 heterocycles. The first-order valence-corrected chi connectivity index (χ1v) is 5.68. The molecule has 0 aliphatic rings. The summed E-state index contributed by atoms with van der Waals surface area (Å²) in [6.07, 6.45) is 0. The Balaban J connectivity index is 2.35. The summed E-state index contributed by atoms with van der Waals surface area (Å²) in [6, 6.07) is 9.21. The van der Waals surface area contributed by atoms with Crippen LogP contribution in [0, 0.1) is 12.7 Å². The summed E-state index contributed by atoms with van der Waals surface area (Å²) in [4.78, 5) is 4.44. The Hall–Kier alpha value is -2.01. The Morgan fingerprint density at radius 3 is 2.50 bits per heavy atom. The lowest BCUT2D eigenvalue weighted by Crippen LogP contribution is -2.11. The molecular formula is C13H11FN2OS. The van der Waals surface area contributed by atoms with Gasteiger partial charge in [0, 0.05) is 5.69 Å². The highest BCUT2D eigenvalue weighted by Crippen LogP contribution is 2.23. The molecule has 2 aromatic rings. The summed E-state index contributed by atoms with van der Waals surface area (Å²) in [5, 5.41) is 0. The van der Waals surface area contributed by atoms with Crippen molar-refractivity contribution in [3.05, 3.63) is 53.5 Å². The number of nitrogens with zero attached hydrogens (tertiary/aromatic N) is 1. The number of halogens is 1. The highest BCUT2D eigenvalue weighted by molar-refractivity contribution is 7.80. The standard InChI is InChI=1S/C13H11FN2OS/c1-8-2-7-11(12(15)18)13(16-8)17-10-5-3-9(14)4-6-10/h2-7H,1H3,(H2,15,18). The number of pyridine rings is 1. The summed E-state index contributed by atoms with van der Waals surface area (Å²) in [5.74, 6) is 0.482. The van der Waals surface area contributed by atoms with E-state index in [0.717, 1.165) is 5.69 Å². The smallest absolute Gasteiger partial charge is 0.229 e. The van der Waals surface area contributed by atoms with Crippen molar-refractivity contribution in [2.75, 3.05) is 0 Å². The van der Waals surface area contributed by atoms with E-state index in [-0.39, 0.29) is 10.8 Å². The summed E-state index contributed by atoms with van der Waals surface area (Å²) >= 11 is 4.93. The number of benzene rings is 1. The largest absolute Gasteiger partial charge is 0.438 e. The van der Waals surface area contributed by atoms with Crippen molar-refractivity contribution < 1.29 is 9.13 Å². The van der Waals surface area contributed by atoms with Crippen molar-refractivity contribution in [2.45, 2.75) is 6.92 Å². The average molecular weight is 262 g/mol. The molecule has 1 aromatic heterocycles. The molecule has 1 aromatic carbocycles. The summed E-state index contributed by atoms with van der Waals surface area (Å²) in [6.45, 7) is 1.83. The number of hydrogen-bond donors (Lipinski definition) is 1. The first-order valence-electron chi connectivity index (χ1n) is 5.27. The van der Waals surface area contributed by atoms with E-state index in [1.165, 1.54) is 24.3 Å². The first-order chi connectivity index (χ1) is 8.56. The lowest BCUT2D eigenvalue weighted by Gasteiger charge is -2.09. The van der Waals surface area contributed by atoms with Gasteiger partial charge in [-0.05, 0) is 43.3 Å². The van der Waals surface area contributed by atoms with Crippen molar-refractivity contribution in [3.8, 4) is 11.6 Å². The second kappa shape index (κ2) is 5.10. The second-order valence-corrected chi connectivity index (χ2v) is 4.17. The van der Waals surface area contributed by atoms with Gasteiger partial charge in [-0.15, -0.1) is 0 Å². The molecule has 2 rings (SSSR count). The van der Waals surface area contributed by atoms with Crippen LogP contribution in [0.4, 0.5) is 4.39 Å². The maximum atomic E-state index is 12.8. The molecule has 92 valence electrons. The van der Waals surface area contributed by atoms with Crippen molar-refractivity contribution in [3.63, 3.8) is 0 Å². The number of ether oxygens (including phenoxy) is 1. The number of hydrogen-bond acceptors (Lipinski definition) is 3. The third-order valence-electron chi connectivity index (χ3n) is 2.29. The molecule has 0 fully saturated rings. The molecule has 0 bridgehead atoms. The molecule has 5 heteroatoms. The predicted molar refractivity (Wildman–Crippen MR) is 71.3 cm³/mol. The fraction of sp³-hybridized carbons (Fsp3) is 0.0769. The molecule has 3 nitrogen and oxygen atoms in total. The molecule has 18 heavy (non-hydrogen) atoms. The maximum Gasteiger partial charge on any atom is 0.229 e. The van der Waals surface area contributed by atoms with Crippen molar-refractivity contribution in [2.24, 2.45) is 5.73 Å². The van der Waals surface area contributed by atoms with Crippen molar-refractivity contribution in [1.82, 2.24) is 4.98 Å². The third-order valence-corrected chi connectivity index (χ3v) is 2.51. The van der Waals surface area contributed by atoms with E-state index in [1.54, 1.807) is 12.1 Å². The highest BCUT2D eigenvalue weighted by atomic mass is 32.1. The molecule has 2 N–H and O–H groups in total. The Morgan fingerprint density at radius 2 is 1.89 bits per heavy atom. The zero-order chi connectivity index (χ0) is 13.1. The van der Waals surface area contributed by atoms with E-state index < -0.39 is 0 Å². The van der Waals surface area contributed by atoms with Crippen LogP contribution in [0.3, 0.4) is 0 Å². The monoisotopic (exact) mass is 262 g/mol. The zero-order valence-corrected chi connectivity index (χ0v) is 10.5. The van der Waals surface area contributed by atoms with E-state index >= 15 is 0 Å². The lowest BCUT2D eigenvalue weighted by molar-refractivity contribution is 0.459. The zero-order valence-electron chi connectivity index (χ0n) is 9.68. The van der Waals surface area contributed by atoms with Gasteiger partial charge in [0.2, 0.25) is 5.88 Å². The number of thiocarbonyl (C=S) groups is 1. The van der Waals surface area contributed by atoms with Crippen LogP contribution in [0.2, 0.25) is 0 Å². The normalized spacial score (nSPS) is 10.1. The minimum absolute atomic E-state index is 0.208. The molecule has 0 radical (unpaired) electrons. The Morgan fingerprint density at radius 1 is 1.22 bits per heavy atom. The average Bonchev–Trinajstić information content (AvgIpc) is 2.32. The van der Waals surface area contributed by atoms with Crippen LogP contribution in [-0.4, -0.2) is 9.97 Å². The first kappa shape index (κ1) is 12.4. The number of aryl methyl sites for hydroxylation is 1. The number of rotatable bonds is 3. The van der Waals surface area contributed by atoms with Crippen molar-refractivity contribution in [1.29, 1.82) is 0 Å².